The van der Waals surface area contributed by atoms with E-state index < -0.39 is 16.6 Å². The molecule has 0 radical (unpaired) electrons. The van der Waals surface area contributed by atoms with Crippen molar-refractivity contribution in [2.75, 3.05) is 4.90 Å². The van der Waals surface area contributed by atoms with E-state index in [1.54, 1.807) is 27.7 Å². The van der Waals surface area contributed by atoms with Crippen molar-refractivity contribution in [1.29, 1.82) is 0 Å². The molecule has 0 spiro atoms. The number of aryl methyl sites for hydroxylation is 1. The lowest BCUT2D eigenvalue weighted by atomic mass is 10.2. The third kappa shape index (κ3) is 5.07. The zero-order valence-electron chi connectivity index (χ0n) is 17.1. The maximum Gasteiger partial charge on any atom is 0.423 e. The number of hydrogen-bond donors (Lipinski definition) is 0. The highest BCUT2D eigenvalue weighted by Gasteiger charge is 2.39. The molecule has 158 valence electrons. The average molecular weight is 414 g/mol. The number of rotatable bonds is 5. The molecular weight excluding hydrogens is 392 g/mol. The van der Waals surface area contributed by atoms with E-state index in [0.29, 0.717) is 18.4 Å². The molecule has 2 amide bonds. The molecule has 2 aromatic rings. The second-order valence-corrected chi connectivity index (χ2v) is 7.95. The number of carbonyl (C=O) groups is 2. The zero-order valence-corrected chi connectivity index (χ0v) is 17.1. The first-order valence-corrected chi connectivity index (χ1v) is 9.37. The van der Waals surface area contributed by atoms with E-state index in [2.05, 4.69) is 9.97 Å². The summed E-state index contributed by atoms with van der Waals surface area (Å²) in [6, 6.07) is 4.29. The third-order valence-electron chi connectivity index (χ3n) is 4.11. The maximum atomic E-state index is 12.7. The number of nitrogens with zero attached hydrogens (tertiary/aromatic N) is 4. The summed E-state index contributed by atoms with van der Waals surface area (Å²) in [4.78, 5) is 44.8. The van der Waals surface area contributed by atoms with E-state index in [1.807, 2.05) is 0 Å². The highest BCUT2D eigenvalue weighted by atomic mass is 16.6. The van der Waals surface area contributed by atoms with Crippen LogP contribution in [0.25, 0.3) is 0 Å². The van der Waals surface area contributed by atoms with Gasteiger partial charge in [-0.25, -0.2) is 14.8 Å². The summed E-state index contributed by atoms with van der Waals surface area (Å²) in [5.41, 5.74) is -0.477. The van der Waals surface area contributed by atoms with Crippen LogP contribution in [0, 0.1) is 23.0 Å². The van der Waals surface area contributed by atoms with Crippen LogP contribution in [-0.2, 0) is 9.53 Å². The standard InChI is InChI=1S/C20H22N4O6/c1-12-9-14(24(27)28)11-22-17(12)29-15-7-8-21-16(10-15)23(18(25)13-5-6-13)19(26)30-20(2,3)4/h7-11,13H,5-6H2,1-4H3. The summed E-state index contributed by atoms with van der Waals surface area (Å²) in [5.74, 6) is -0.115. The fourth-order valence-electron chi connectivity index (χ4n) is 2.57. The number of nitro groups is 1. The molecule has 10 nitrogen and oxygen atoms in total. The molecule has 0 bridgehead atoms. The number of aromatic nitrogens is 2. The lowest BCUT2D eigenvalue weighted by Crippen LogP contribution is -2.42. The minimum absolute atomic E-state index is 0.0678. The molecule has 0 N–H and O–H groups in total. The number of ether oxygens (including phenoxy) is 2. The van der Waals surface area contributed by atoms with Crippen LogP contribution in [0.5, 0.6) is 11.6 Å². The van der Waals surface area contributed by atoms with Crippen molar-refractivity contribution in [2.24, 2.45) is 5.92 Å². The number of amides is 2. The largest absolute Gasteiger partial charge is 0.443 e. The van der Waals surface area contributed by atoms with Gasteiger partial charge in [-0.15, -0.1) is 0 Å². The summed E-state index contributed by atoms with van der Waals surface area (Å²) >= 11 is 0. The molecule has 2 heterocycles. The topological polar surface area (TPSA) is 125 Å². The SMILES string of the molecule is Cc1cc([N+](=O)[O-])cnc1Oc1ccnc(N(C(=O)OC(C)(C)C)C(=O)C2CC2)c1. The van der Waals surface area contributed by atoms with E-state index >= 15 is 0 Å². The molecule has 1 saturated carbocycles. The Balaban J connectivity index is 1.88. The molecule has 1 aliphatic rings. The number of pyridine rings is 2. The van der Waals surface area contributed by atoms with Gasteiger partial charge in [0, 0.05) is 29.8 Å². The van der Waals surface area contributed by atoms with Crippen molar-refractivity contribution in [3.8, 4) is 11.6 Å². The van der Waals surface area contributed by atoms with E-state index in [4.69, 9.17) is 9.47 Å². The van der Waals surface area contributed by atoms with Crippen molar-refractivity contribution < 1.29 is 24.0 Å². The minimum atomic E-state index is -0.811. The van der Waals surface area contributed by atoms with Crippen LogP contribution in [0.2, 0.25) is 0 Å². The predicted molar refractivity (Wildman–Crippen MR) is 106 cm³/mol. The minimum Gasteiger partial charge on any atom is -0.443 e. The molecule has 0 saturated heterocycles. The van der Waals surface area contributed by atoms with Gasteiger partial charge in [0.1, 0.15) is 23.4 Å². The summed E-state index contributed by atoms with van der Waals surface area (Å²) in [6.07, 6.45) is 3.09. The average Bonchev–Trinajstić information content (AvgIpc) is 3.47. The first-order valence-electron chi connectivity index (χ1n) is 9.37. The molecule has 1 aliphatic carbocycles. The van der Waals surface area contributed by atoms with Crippen LogP contribution in [-0.4, -0.2) is 32.5 Å². The van der Waals surface area contributed by atoms with Gasteiger partial charge in [0.05, 0.1) is 4.92 Å². The van der Waals surface area contributed by atoms with Gasteiger partial charge in [-0.05, 0) is 46.6 Å². The molecule has 0 atom stereocenters. The Labute approximate surface area is 173 Å². The van der Waals surface area contributed by atoms with Crippen LogP contribution in [0.1, 0.15) is 39.2 Å². The van der Waals surface area contributed by atoms with Crippen LogP contribution in [0.4, 0.5) is 16.3 Å². The number of carbonyl (C=O) groups excluding carboxylic acids is 2. The van der Waals surface area contributed by atoms with Crippen molar-refractivity contribution >= 4 is 23.5 Å². The van der Waals surface area contributed by atoms with E-state index in [9.17, 15) is 19.7 Å². The first kappa shape index (κ1) is 21.2. The monoisotopic (exact) mass is 414 g/mol. The Morgan fingerprint density at radius 1 is 1.23 bits per heavy atom. The number of imide groups is 1. The van der Waals surface area contributed by atoms with E-state index in [-0.39, 0.29) is 35.0 Å². The van der Waals surface area contributed by atoms with Gasteiger partial charge in [-0.3, -0.25) is 14.9 Å². The highest BCUT2D eigenvalue weighted by molar-refractivity contribution is 6.13. The Morgan fingerprint density at radius 2 is 1.93 bits per heavy atom. The predicted octanol–water partition coefficient (Wildman–Crippen LogP) is 4.16. The quantitative estimate of drug-likeness (QED) is 0.527. The summed E-state index contributed by atoms with van der Waals surface area (Å²) in [5, 5.41) is 10.9. The smallest absolute Gasteiger partial charge is 0.423 e. The van der Waals surface area contributed by atoms with Gasteiger partial charge < -0.3 is 9.47 Å². The molecule has 0 unspecified atom stereocenters. The zero-order chi connectivity index (χ0) is 22.1. The normalized spacial score (nSPS) is 13.5. The van der Waals surface area contributed by atoms with Gasteiger partial charge in [0.2, 0.25) is 11.8 Å². The second-order valence-electron chi connectivity index (χ2n) is 7.95. The summed E-state index contributed by atoms with van der Waals surface area (Å²) < 4.78 is 11.1. The van der Waals surface area contributed by atoms with Gasteiger partial charge in [0.15, 0.2) is 0 Å². The first-order chi connectivity index (χ1) is 14.0. The highest BCUT2D eigenvalue weighted by Crippen LogP contribution is 2.34. The van der Waals surface area contributed by atoms with Gasteiger partial charge in [0.25, 0.3) is 5.69 Å². The number of hydrogen-bond acceptors (Lipinski definition) is 8. The molecule has 1 fully saturated rings. The fraction of sp³-hybridized carbons (Fsp3) is 0.400. The fourth-order valence-corrected chi connectivity index (χ4v) is 2.57. The van der Waals surface area contributed by atoms with Crippen LogP contribution in [0.3, 0.4) is 0 Å². The van der Waals surface area contributed by atoms with Crippen molar-refractivity contribution in [3.05, 3.63) is 46.3 Å². The van der Waals surface area contributed by atoms with Gasteiger partial charge >= 0.3 is 6.09 Å². The van der Waals surface area contributed by atoms with Crippen molar-refractivity contribution in [2.45, 2.75) is 46.1 Å². The van der Waals surface area contributed by atoms with E-state index in [1.165, 1.54) is 24.4 Å². The Hall–Kier alpha value is -3.56. The lowest BCUT2D eigenvalue weighted by molar-refractivity contribution is -0.385. The molecule has 0 aliphatic heterocycles. The molecule has 3 rings (SSSR count). The van der Waals surface area contributed by atoms with Crippen molar-refractivity contribution in [3.63, 3.8) is 0 Å². The molecule has 30 heavy (non-hydrogen) atoms. The molecule has 0 aromatic carbocycles. The Morgan fingerprint density at radius 3 is 2.50 bits per heavy atom. The van der Waals surface area contributed by atoms with Gasteiger partial charge in [-0.2, -0.15) is 4.90 Å². The Bertz CT molecular complexity index is 997. The van der Waals surface area contributed by atoms with Crippen LogP contribution < -0.4 is 9.64 Å². The van der Waals surface area contributed by atoms with Gasteiger partial charge in [-0.1, -0.05) is 0 Å². The van der Waals surface area contributed by atoms with Crippen LogP contribution >= 0.6 is 0 Å². The van der Waals surface area contributed by atoms with E-state index in [0.717, 1.165) is 11.1 Å². The summed E-state index contributed by atoms with van der Waals surface area (Å²) in [7, 11) is 0. The summed E-state index contributed by atoms with van der Waals surface area (Å²) in [6.45, 7) is 6.75. The maximum absolute atomic E-state index is 12.7. The van der Waals surface area contributed by atoms with Crippen molar-refractivity contribution in [1.82, 2.24) is 9.97 Å². The van der Waals surface area contributed by atoms with Crippen LogP contribution in [0.15, 0.2) is 30.6 Å². The Kier molecular flexibility index (Phi) is 5.68. The molecule has 10 heteroatoms. The third-order valence-corrected chi connectivity index (χ3v) is 4.11. The molecule has 2 aromatic heterocycles. The molecular formula is C20H22N4O6. The lowest BCUT2D eigenvalue weighted by Gasteiger charge is -2.25. The second kappa shape index (κ2) is 8.05. The number of anilines is 1.